The van der Waals surface area contributed by atoms with Gasteiger partial charge in [-0.25, -0.2) is 0 Å². The van der Waals surface area contributed by atoms with Gasteiger partial charge in [0, 0.05) is 31.0 Å². The van der Waals surface area contributed by atoms with Crippen LogP contribution in [0.3, 0.4) is 0 Å². The lowest BCUT2D eigenvalue weighted by molar-refractivity contribution is -0.138. The van der Waals surface area contributed by atoms with Crippen molar-refractivity contribution in [1.82, 2.24) is 10.2 Å². The van der Waals surface area contributed by atoms with Crippen LogP contribution in [0.5, 0.6) is 0 Å². The van der Waals surface area contributed by atoms with Crippen molar-refractivity contribution in [1.29, 1.82) is 0 Å². The zero-order valence-corrected chi connectivity index (χ0v) is 16.8. The third kappa shape index (κ3) is 6.45. The molecule has 0 spiro atoms. The van der Waals surface area contributed by atoms with Gasteiger partial charge < -0.3 is 10.2 Å². The van der Waals surface area contributed by atoms with E-state index in [1.165, 1.54) is 0 Å². The van der Waals surface area contributed by atoms with Gasteiger partial charge in [0.2, 0.25) is 11.8 Å². The first kappa shape index (κ1) is 21.0. The van der Waals surface area contributed by atoms with Crippen molar-refractivity contribution in [2.45, 2.75) is 80.2 Å². The van der Waals surface area contributed by atoms with Crippen molar-refractivity contribution in [3.63, 3.8) is 0 Å². The van der Waals surface area contributed by atoms with Crippen molar-refractivity contribution in [3.05, 3.63) is 0 Å². The number of nitrogens with one attached hydrogen (secondary N) is 1. The second-order valence-corrected chi connectivity index (χ2v) is 9.15. The van der Waals surface area contributed by atoms with Gasteiger partial charge in [-0.2, -0.15) is 0 Å². The molecule has 0 aromatic rings. The first-order valence-electron chi connectivity index (χ1n) is 9.61. The van der Waals surface area contributed by atoms with Crippen LogP contribution in [0.15, 0.2) is 0 Å². The molecule has 0 aromatic carbocycles. The third-order valence-electron chi connectivity index (χ3n) is 5.07. The Balaban J connectivity index is 2.56. The molecule has 140 valence electrons. The molecule has 0 aromatic heterocycles. The number of carbonyl (C=O) groups excluding carboxylic acids is 2. The van der Waals surface area contributed by atoms with E-state index in [1.54, 1.807) is 0 Å². The summed E-state index contributed by atoms with van der Waals surface area (Å²) in [5.41, 5.74) is 0.0683. The van der Waals surface area contributed by atoms with Crippen molar-refractivity contribution < 1.29 is 9.59 Å². The quantitative estimate of drug-likeness (QED) is 0.800. The summed E-state index contributed by atoms with van der Waals surface area (Å²) >= 11 is 0. The maximum absolute atomic E-state index is 12.7. The molecule has 4 nitrogen and oxygen atoms in total. The molecule has 1 fully saturated rings. The van der Waals surface area contributed by atoms with Gasteiger partial charge in [0.25, 0.3) is 0 Å². The average molecular weight is 339 g/mol. The SMILES string of the molecule is CC(C)CC[C@@H](NC(=O)C1CCN(C(=O)C(C)C)CC1)C(C)(C)C. The van der Waals surface area contributed by atoms with E-state index in [1.807, 2.05) is 18.7 Å². The molecule has 1 N–H and O–H groups in total. The van der Waals surface area contributed by atoms with Gasteiger partial charge in [0.05, 0.1) is 0 Å². The number of rotatable bonds is 6. The van der Waals surface area contributed by atoms with Crippen LogP contribution in [0.2, 0.25) is 0 Å². The number of carbonyl (C=O) groups is 2. The highest BCUT2D eigenvalue weighted by molar-refractivity contribution is 5.81. The number of amides is 2. The molecule has 4 heteroatoms. The van der Waals surface area contributed by atoms with Crippen LogP contribution >= 0.6 is 0 Å². The van der Waals surface area contributed by atoms with Gasteiger partial charge in [0.1, 0.15) is 0 Å². The number of likely N-dealkylation sites (tertiary alicyclic amines) is 1. The first-order chi connectivity index (χ1) is 11.0. The van der Waals surface area contributed by atoms with Gasteiger partial charge in [-0.1, -0.05) is 48.5 Å². The summed E-state index contributed by atoms with van der Waals surface area (Å²) in [5.74, 6) is 1.12. The predicted molar refractivity (Wildman–Crippen MR) is 99.6 cm³/mol. The molecule has 1 rings (SSSR count). The number of hydrogen-bond acceptors (Lipinski definition) is 2. The van der Waals surface area contributed by atoms with Crippen LogP contribution < -0.4 is 5.32 Å². The van der Waals surface area contributed by atoms with Crippen molar-refractivity contribution in [2.24, 2.45) is 23.2 Å². The minimum atomic E-state index is 0.0386. The monoisotopic (exact) mass is 338 g/mol. The van der Waals surface area contributed by atoms with Crippen LogP contribution in [0.1, 0.15) is 74.1 Å². The molecule has 0 saturated carbocycles. The fourth-order valence-corrected chi connectivity index (χ4v) is 3.24. The maximum atomic E-state index is 12.7. The van der Waals surface area contributed by atoms with E-state index in [9.17, 15) is 9.59 Å². The molecule has 1 heterocycles. The second kappa shape index (κ2) is 8.87. The fraction of sp³-hybridized carbons (Fsp3) is 0.900. The zero-order chi connectivity index (χ0) is 18.5. The van der Waals surface area contributed by atoms with Gasteiger partial charge in [0.15, 0.2) is 0 Å². The number of hydrogen-bond donors (Lipinski definition) is 1. The molecule has 1 aliphatic rings. The van der Waals surface area contributed by atoms with Gasteiger partial charge >= 0.3 is 0 Å². The van der Waals surface area contributed by atoms with Crippen molar-refractivity contribution in [2.75, 3.05) is 13.1 Å². The maximum Gasteiger partial charge on any atom is 0.225 e. The lowest BCUT2D eigenvalue weighted by Crippen LogP contribution is -2.49. The zero-order valence-electron chi connectivity index (χ0n) is 16.8. The lowest BCUT2D eigenvalue weighted by Gasteiger charge is -2.36. The molecule has 2 amide bonds. The average Bonchev–Trinajstić information content (AvgIpc) is 2.49. The first-order valence-corrected chi connectivity index (χ1v) is 9.61. The molecule has 0 unspecified atom stereocenters. The smallest absolute Gasteiger partial charge is 0.225 e. The Morgan fingerprint density at radius 2 is 1.58 bits per heavy atom. The summed E-state index contributed by atoms with van der Waals surface area (Å²) in [6.07, 6.45) is 3.72. The summed E-state index contributed by atoms with van der Waals surface area (Å²) in [6.45, 7) is 16.3. The van der Waals surface area contributed by atoms with Crippen molar-refractivity contribution >= 4 is 11.8 Å². The molecule has 1 aliphatic heterocycles. The minimum Gasteiger partial charge on any atom is -0.353 e. The highest BCUT2D eigenvalue weighted by Crippen LogP contribution is 2.26. The predicted octanol–water partition coefficient (Wildman–Crippen LogP) is 3.85. The minimum absolute atomic E-state index is 0.0386. The van der Waals surface area contributed by atoms with E-state index in [2.05, 4.69) is 39.9 Å². The van der Waals surface area contributed by atoms with Crippen LogP contribution in [0, 0.1) is 23.2 Å². The van der Waals surface area contributed by atoms with E-state index >= 15 is 0 Å². The molecular formula is C20H38N2O2. The van der Waals surface area contributed by atoms with Gasteiger partial charge in [-0.3, -0.25) is 9.59 Å². The molecule has 0 aliphatic carbocycles. The highest BCUT2D eigenvalue weighted by Gasteiger charge is 2.32. The molecular weight excluding hydrogens is 300 g/mol. The Morgan fingerprint density at radius 3 is 2.00 bits per heavy atom. The van der Waals surface area contributed by atoms with E-state index < -0.39 is 0 Å². The molecule has 1 saturated heterocycles. The number of piperidine rings is 1. The summed E-state index contributed by atoms with van der Waals surface area (Å²) < 4.78 is 0. The Kier molecular flexibility index (Phi) is 7.75. The van der Waals surface area contributed by atoms with Gasteiger partial charge in [-0.15, -0.1) is 0 Å². The van der Waals surface area contributed by atoms with Crippen LogP contribution in [0.25, 0.3) is 0 Å². The summed E-state index contributed by atoms with van der Waals surface area (Å²) in [4.78, 5) is 26.7. The summed E-state index contributed by atoms with van der Waals surface area (Å²) in [6, 6.07) is 0.211. The lowest BCUT2D eigenvalue weighted by atomic mass is 9.82. The van der Waals surface area contributed by atoms with E-state index in [0.29, 0.717) is 19.0 Å². The normalized spacial score (nSPS) is 18.1. The Hall–Kier alpha value is -1.06. The largest absolute Gasteiger partial charge is 0.353 e. The van der Waals surface area contributed by atoms with E-state index in [4.69, 9.17) is 0 Å². The Labute approximate surface area is 148 Å². The fourth-order valence-electron chi connectivity index (χ4n) is 3.24. The van der Waals surface area contributed by atoms with E-state index in [-0.39, 0.29) is 35.1 Å². The van der Waals surface area contributed by atoms with Crippen molar-refractivity contribution in [3.8, 4) is 0 Å². The third-order valence-corrected chi connectivity index (χ3v) is 5.07. The summed E-state index contributed by atoms with van der Waals surface area (Å²) in [5, 5.41) is 3.31. The standard InChI is InChI=1S/C20H38N2O2/c1-14(2)8-9-17(20(5,6)7)21-18(23)16-10-12-22(13-11-16)19(24)15(3)4/h14-17H,8-13H2,1-7H3,(H,21,23)/t17-/m1/s1. The summed E-state index contributed by atoms with van der Waals surface area (Å²) in [7, 11) is 0. The molecule has 24 heavy (non-hydrogen) atoms. The highest BCUT2D eigenvalue weighted by atomic mass is 16.2. The van der Waals surface area contributed by atoms with Gasteiger partial charge in [-0.05, 0) is 37.0 Å². The molecule has 0 radical (unpaired) electrons. The Morgan fingerprint density at radius 1 is 1.04 bits per heavy atom. The van der Waals surface area contributed by atoms with Crippen LogP contribution in [0.4, 0.5) is 0 Å². The van der Waals surface area contributed by atoms with Crippen LogP contribution in [-0.2, 0) is 9.59 Å². The molecule has 0 bridgehead atoms. The number of nitrogens with zero attached hydrogens (tertiary/aromatic N) is 1. The topological polar surface area (TPSA) is 49.4 Å². The van der Waals surface area contributed by atoms with Crippen LogP contribution in [-0.4, -0.2) is 35.8 Å². The second-order valence-electron chi connectivity index (χ2n) is 9.15. The Bertz CT molecular complexity index is 416. The van der Waals surface area contributed by atoms with E-state index in [0.717, 1.165) is 25.7 Å². The molecule has 1 atom stereocenters.